The second-order valence-electron chi connectivity index (χ2n) is 3.47. The summed E-state index contributed by atoms with van der Waals surface area (Å²) in [4.78, 5) is 13.6. The number of carbonyl (C=O) groups excluding carboxylic acids is 1. The first-order valence-corrected chi connectivity index (χ1v) is 5.98. The van der Waals surface area contributed by atoms with Gasteiger partial charge in [0.2, 0.25) is 0 Å². The molecule has 1 amide bonds. The first-order chi connectivity index (χ1) is 8.16. The van der Waals surface area contributed by atoms with E-state index in [1.165, 1.54) is 0 Å². The lowest BCUT2D eigenvalue weighted by atomic mass is 10.2. The van der Waals surface area contributed by atoms with Gasteiger partial charge < -0.3 is 9.64 Å². The lowest BCUT2D eigenvalue weighted by Gasteiger charge is -2.26. The lowest BCUT2D eigenvalue weighted by molar-refractivity contribution is -0.125. The summed E-state index contributed by atoms with van der Waals surface area (Å²) in [6.07, 6.45) is 0. The average molecular weight is 259 g/mol. The highest BCUT2D eigenvalue weighted by Gasteiger charge is 2.19. The van der Waals surface area contributed by atoms with Crippen molar-refractivity contribution in [3.63, 3.8) is 0 Å². The van der Waals surface area contributed by atoms with Gasteiger partial charge in [-0.15, -0.1) is 0 Å². The number of hydrogen-bond donors (Lipinski definition) is 0. The number of halogens is 2. The van der Waals surface area contributed by atoms with Crippen LogP contribution in [0.1, 0.15) is 0 Å². The summed E-state index contributed by atoms with van der Waals surface area (Å²) in [7, 11) is 0. The van der Waals surface area contributed by atoms with Gasteiger partial charge in [0.15, 0.2) is 0 Å². The average Bonchev–Trinajstić information content (AvgIpc) is 2.30. The van der Waals surface area contributed by atoms with Crippen molar-refractivity contribution in [2.24, 2.45) is 0 Å². The quantitative estimate of drug-likeness (QED) is 0.780. The van der Waals surface area contributed by atoms with Crippen molar-refractivity contribution in [1.29, 1.82) is 0 Å². The minimum Gasteiger partial charge on any atom is -0.370 e. The maximum atomic E-state index is 12.1. The van der Waals surface area contributed by atoms with Crippen LogP contribution in [0.25, 0.3) is 0 Å². The van der Waals surface area contributed by atoms with E-state index in [1.54, 1.807) is 29.2 Å². The minimum absolute atomic E-state index is 0.0769. The standard InChI is InChI=1S/C11H11F2NO2S/c12-11(13)17-9-3-1-8(2-4-9)14-5-6-16-7-10(14)15/h1-4,11H,5-7H2. The molecule has 1 heterocycles. The molecule has 0 saturated carbocycles. The Balaban J connectivity index is 2.08. The largest absolute Gasteiger partial charge is 0.370 e. The number of carbonyl (C=O) groups is 1. The van der Waals surface area contributed by atoms with E-state index in [0.717, 1.165) is 5.69 Å². The van der Waals surface area contributed by atoms with E-state index >= 15 is 0 Å². The third kappa shape index (κ3) is 3.17. The molecule has 0 bridgehead atoms. The predicted molar refractivity (Wildman–Crippen MR) is 61.5 cm³/mol. The Hall–Kier alpha value is -1.14. The fourth-order valence-corrected chi connectivity index (χ4v) is 2.10. The zero-order valence-corrected chi connectivity index (χ0v) is 9.75. The van der Waals surface area contributed by atoms with Crippen molar-refractivity contribution in [2.75, 3.05) is 24.7 Å². The van der Waals surface area contributed by atoms with Gasteiger partial charge in [0.05, 0.1) is 6.61 Å². The molecule has 92 valence electrons. The molecule has 0 radical (unpaired) electrons. The third-order valence-electron chi connectivity index (χ3n) is 2.36. The van der Waals surface area contributed by atoms with Crippen LogP contribution in [-0.2, 0) is 9.53 Å². The zero-order valence-electron chi connectivity index (χ0n) is 8.94. The molecule has 0 atom stereocenters. The Labute approximate surface area is 102 Å². The van der Waals surface area contributed by atoms with E-state index < -0.39 is 5.76 Å². The van der Waals surface area contributed by atoms with Crippen LogP contribution in [-0.4, -0.2) is 31.4 Å². The first-order valence-electron chi connectivity index (χ1n) is 5.10. The molecule has 0 aliphatic carbocycles. The smallest absolute Gasteiger partial charge is 0.288 e. The van der Waals surface area contributed by atoms with Crippen LogP contribution in [0.4, 0.5) is 14.5 Å². The number of benzene rings is 1. The van der Waals surface area contributed by atoms with Gasteiger partial charge in [0, 0.05) is 17.1 Å². The molecular formula is C11H11F2NO2S. The van der Waals surface area contributed by atoms with Crippen LogP contribution in [0, 0.1) is 0 Å². The van der Waals surface area contributed by atoms with E-state index in [4.69, 9.17) is 4.74 Å². The molecule has 1 aromatic rings. The highest BCUT2D eigenvalue weighted by Crippen LogP contribution is 2.27. The number of amides is 1. The Morgan fingerprint density at radius 2 is 2.00 bits per heavy atom. The molecular weight excluding hydrogens is 248 g/mol. The van der Waals surface area contributed by atoms with Crippen LogP contribution in [0.3, 0.4) is 0 Å². The fraction of sp³-hybridized carbons (Fsp3) is 0.364. The van der Waals surface area contributed by atoms with E-state index in [0.29, 0.717) is 29.8 Å². The number of rotatable bonds is 3. The van der Waals surface area contributed by atoms with E-state index in [2.05, 4.69) is 0 Å². The minimum atomic E-state index is -2.43. The molecule has 3 nitrogen and oxygen atoms in total. The summed E-state index contributed by atoms with van der Waals surface area (Å²) >= 11 is 0.493. The molecule has 0 N–H and O–H groups in total. The summed E-state index contributed by atoms with van der Waals surface area (Å²) < 4.78 is 29.3. The fourth-order valence-electron chi connectivity index (χ4n) is 1.60. The zero-order chi connectivity index (χ0) is 12.3. The van der Waals surface area contributed by atoms with Crippen molar-refractivity contribution in [3.8, 4) is 0 Å². The van der Waals surface area contributed by atoms with Gasteiger partial charge in [-0.3, -0.25) is 4.79 Å². The molecule has 17 heavy (non-hydrogen) atoms. The van der Waals surface area contributed by atoms with Gasteiger partial charge in [-0.25, -0.2) is 0 Å². The molecule has 1 aromatic carbocycles. The first kappa shape index (κ1) is 12.3. The van der Waals surface area contributed by atoms with Gasteiger partial charge in [-0.2, -0.15) is 8.78 Å². The van der Waals surface area contributed by atoms with Crippen molar-refractivity contribution in [3.05, 3.63) is 24.3 Å². The maximum Gasteiger partial charge on any atom is 0.288 e. The Morgan fingerprint density at radius 3 is 2.59 bits per heavy atom. The van der Waals surface area contributed by atoms with Crippen molar-refractivity contribution in [2.45, 2.75) is 10.7 Å². The number of nitrogens with zero attached hydrogens (tertiary/aromatic N) is 1. The molecule has 6 heteroatoms. The topological polar surface area (TPSA) is 29.5 Å². The molecule has 1 aliphatic heterocycles. The summed E-state index contributed by atoms with van der Waals surface area (Å²) in [5.74, 6) is -2.53. The third-order valence-corrected chi connectivity index (χ3v) is 3.08. The van der Waals surface area contributed by atoms with Gasteiger partial charge >= 0.3 is 0 Å². The van der Waals surface area contributed by atoms with Crippen LogP contribution in [0.5, 0.6) is 0 Å². The normalized spacial score (nSPS) is 16.6. The summed E-state index contributed by atoms with van der Waals surface area (Å²) in [6.45, 7) is 1.08. The van der Waals surface area contributed by atoms with Crippen molar-refractivity contribution in [1.82, 2.24) is 0 Å². The second-order valence-corrected chi connectivity index (χ2v) is 4.53. The molecule has 0 spiro atoms. The molecule has 1 fully saturated rings. The second kappa shape index (κ2) is 5.46. The number of morpholine rings is 1. The summed E-state index contributed by atoms with van der Waals surface area (Å²) in [5.41, 5.74) is 0.719. The maximum absolute atomic E-state index is 12.1. The summed E-state index contributed by atoms with van der Waals surface area (Å²) in [5, 5.41) is 0. The highest BCUT2D eigenvalue weighted by molar-refractivity contribution is 7.99. The van der Waals surface area contributed by atoms with Crippen molar-refractivity contribution >= 4 is 23.4 Å². The summed E-state index contributed by atoms with van der Waals surface area (Å²) in [6, 6.07) is 6.53. The van der Waals surface area contributed by atoms with Crippen LogP contribution >= 0.6 is 11.8 Å². The number of alkyl halides is 2. The van der Waals surface area contributed by atoms with Gasteiger partial charge in [-0.1, -0.05) is 11.8 Å². The molecule has 0 aromatic heterocycles. The molecule has 0 unspecified atom stereocenters. The molecule has 2 rings (SSSR count). The number of ether oxygens (including phenoxy) is 1. The Kier molecular flexibility index (Phi) is 3.96. The van der Waals surface area contributed by atoms with Gasteiger partial charge in [0.25, 0.3) is 11.7 Å². The number of hydrogen-bond acceptors (Lipinski definition) is 3. The lowest BCUT2D eigenvalue weighted by Crippen LogP contribution is -2.41. The van der Waals surface area contributed by atoms with Crippen molar-refractivity contribution < 1.29 is 18.3 Å². The predicted octanol–water partition coefficient (Wildman–Crippen LogP) is 2.36. The SMILES string of the molecule is O=C1COCCN1c1ccc(SC(F)F)cc1. The van der Waals surface area contributed by atoms with Gasteiger partial charge in [-0.05, 0) is 24.3 Å². The monoisotopic (exact) mass is 259 g/mol. The molecule has 1 aliphatic rings. The van der Waals surface area contributed by atoms with Crippen LogP contribution < -0.4 is 4.90 Å². The van der Waals surface area contributed by atoms with E-state index in [1.807, 2.05) is 0 Å². The van der Waals surface area contributed by atoms with Crippen LogP contribution in [0.2, 0.25) is 0 Å². The Morgan fingerprint density at radius 1 is 1.29 bits per heavy atom. The van der Waals surface area contributed by atoms with Crippen LogP contribution in [0.15, 0.2) is 29.2 Å². The van der Waals surface area contributed by atoms with E-state index in [-0.39, 0.29) is 12.5 Å². The Bertz CT molecular complexity index is 397. The van der Waals surface area contributed by atoms with Gasteiger partial charge in [0.1, 0.15) is 6.61 Å². The number of thioether (sulfide) groups is 1. The molecule has 1 saturated heterocycles. The highest BCUT2D eigenvalue weighted by atomic mass is 32.2. The number of anilines is 1. The van der Waals surface area contributed by atoms with E-state index in [9.17, 15) is 13.6 Å².